The molecule has 8 heteroatoms. The summed E-state index contributed by atoms with van der Waals surface area (Å²) in [5.74, 6) is 0. The zero-order chi connectivity index (χ0) is 13.3. The van der Waals surface area contributed by atoms with Crippen LogP contribution >= 0.6 is 54.8 Å². The summed E-state index contributed by atoms with van der Waals surface area (Å²) in [5.41, 5.74) is 0.475. The van der Waals surface area contributed by atoms with Gasteiger partial charge in [-0.05, 0) is 46.3 Å². The molecule has 0 bridgehead atoms. The molecule has 0 aliphatic rings. The van der Waals surface area contributed by atoms with E-state index in [2.05, 4.69) is 36.6 Å². The largest absolute Gasteiger partial charge is 0.278 e. The molecule has 0 spiro atoms. The topological polar surface area (TPSA) is 46.2 Å². The first-order valence-electron chi connectivity index (χ1n) is 4.62. The fourth-order valence-electron chi connectivity index (χ4n) is 1.21. The van der Waals surface area contributed by atoms with Crippen LogP contribution in [-0.4, -0.2) is 8.42 Å². The van der Waals surface area contributed by atoms with E-state index in [4.69, 9.17) is 11.6 Å². The zero-order valence-corrected chi connectivity index (χ0v) is 14.2. The van der Waals surface area contributed by atoms with Crippen LogP contribution in [0.3, 0.4) is 0 Å². The van der Waals surface area contributed by atoms with Crippen molar-refractivity contribution in [1.82, 2.24) is 0 Å². The number of halogens is 3. The average molecular weight is 432 g/mol. The number of benzene rings is 1. The molecule has 1 heterocycles. The van der Waals surface area contributed by atoms with Crippen molar-refractivity contribution in [2.24, 2.45) is 0 Å². The molecular formula is C10H6Br2ClNO2S2. The number of hydrogen-bond donors (Lipinski definition) is 1. The van der Waals surface area contributed by atoms with Crippen LogP contribution in [0.15, 0.2) is 43.5 Å². The molecule has 0 aliphatic carbocycles. The first-order chi connectivity index (χ1) is 8.38. The van der Waals surface area contributed by atoms with Gasteiger partial charge < -0.3 is 0 Å². The van der Waals surface area contributed by atoms with Crippen molar-refractivity contribution in [2.45, 2.75) is 4.21 Å². The highest BCUT2D eigenvalue weighted by atomic mass is 79.9. The van der Waals surface area contributed by atoms with Crippen LogP contribution in [0.2, 0.25) is 4.34 Å². The lowest BCUT2D eigenvalue weighted by atomic mass is 10.3. The van der Waals surface area contributed by atoms with E-state index in [-0.39, 0.29) is 4.21 Å². The van der Waals surface area contributed by atoms with Crippen LogP contribution in [0, 0.1) is 0 Å². The molecule has 1 aromatic carbocycles. The van der Waals surface area contributed by atoms with E-state index >= 15 is 0 Å². The number of rotatable bonds is 3. The van der Waals surface area contributed by atoms with E-state index in [1.165, 1.54) is 6.07 Å². The molecule has 0 saturated heterocycles. The van der Waals surface area contributed by atoms with Gasteiger partial charge in [-0.3, -0.25) is 4.72 Å². The second-order valence-corrected chi connectivity index (χ2v) is 8.68. The van der Waals surface area contributed by atoms with E-state index in [1.54, 1.807) is 24.3 Å². The lowest BCUT2D eigenvalue weighted by Gasteiger charge is -2.08. The maximum absolute atomic E-state index is 12.1. The van der Waals surface area contributed by atoms with Crippen molar-refractivity contribution in [2.75, 3.05) is 4.72 Å². The zero-order valence-electron chi connectivity index (χ0n) is 8.65. The molecule has 0 saturated carbocycles. The number of thiophene rings is 1. The predicted molar refractivity (Wildman–Crippen MR) is 82.0 cm³/mol. The van der Waals surface area contributed by atoms with Crippen molar-refractivity contribution < 1.29 is 8.42 Å². The molecule has 3 nitrogen and oxygen atoms in total. The molecule has 0 fully saturated rings. The Morgan fingerprint density at radius 2 is 1.89 bits per heavy atom. The Labute approximate surface area is 130 Å². The Balaban J connectivity index is 2.33. The fourth-order valence-corrected chi connectivity index (χ4v) is 5.05. The summed E-state index contributed by atoms with van der Waals surface area (Å²) in [4.78, 5) is 0. The molecule has 1 aromatic heterocycles. The SMILES string of the molecule is O=S(=O)(Nc1ccc(Br)cc1Br)c1ccc(Cl)s1. The third-order valence-corrected chi connectivity index (χ3v) is 6.23. The third-order valence-electron chi connectivity index (χ3n) is 1.99. The van der Waals surface area contributed by atoms with Gasteiger partial charge in [0.1, 0.15) is 4.21 Å². The minimum Gasteiger partial charge on any atom is -0.278 e. The molecule has 18 heavy (non-hydrogen) atoms. The van der Waals surface area contributed by atoms with Gasteiger partial charge in [0.25, 0.3) is 10.0 Å². The molecule has 2 rings (SSSR count). The standard InChI is InChI=1S/C10H6Br2ClNO2S2/c11-6-1-2-8(7(12)5-6)14-18(15,16)10-4-3-9(13)17-10/h1-5,14H. The number of sulfonamides is 1. The van der Waals surface area contributed by atoms with Crippen molar-refractivity contribution in [1.29, 1.82) is 0 Å². The molecule has 0 aliphatic heterocycles. The minimum atomic E-state index is -3.59. The van der Waals surface area contributed by atoms with E-state index in [1.807, 2.05) is 0 Å². The van der Waals surface area contributed by atoms with Crippen molar-refractivity contribution >= 4 is 70.5 Å². The van der Waals surface area contributed by atoms with Gasteiger partial charge in [-0.1, -0.05) is 27.5 Å². The van der Waals surface area contributed by atoms with Gasteiger partial charge >= 0.3 is 0 Å². The molecule has 1 N–H and O–H groups in total. The van der Waals surface area contributed by atoms with Gasteiger partial charge in [0, 0.05) is 8.95 Å². The molecule has 0 atom stereocenters. The maximum atomic E-state index is 12.1. The van der Waals surface area contributed by atoms with Gasteiger partial charge in [0.05, 0.1) is 10.0 Å². The van der Waals surface area contributed by atoms with Crippen LogP contribution in [0.4, 0.5) is 5.69 Å². The predicted octanol–water partition coefficient (Wildman–Crippen LogP) is 4.73. The van der Waals surface area contributed by atoms with E-state index in [0.717, 1.165) is 15.8 Å². The second-order valence-electron chi connectivity index (χ2n) is 3.29. The highest BCUT2D eigenvalue weighted by molar-refractivity contribution is 9.11. The van der Waals surface area contributed by atoms with Gasteiger partial charge in [0.15, 0.2) is 0 Å². The Morgan fingerprint density at radius 1 is 1.17 bits per heavy atom. The average Bonchev–Trinajstić information content (AvgIpc) is 2.70. The molecule has 0 radical (unpaired) electrons. The van der Waals surface area contributed by atoms with Crippen molar-refractivity contribution in [3.63, 3.8) is 0 Å². The van der Waals surface area contributed by atoms with Crippen molar-refractivity contribution in [3.8, 4) is 0 Å². The lowest BCUT2D eigenvalue weighted by molar-refractivity contribution is 0.603. The minimum absolute atomic E-state index is 0.183. The monoisotopic (exact) mass is 429 g/mol. The quantitative estimate of drug-likeness (QED) is 0.764. The normalized spacial score (nSPS) is 11.5. The van der Waals surface area contributed by atoms with Crippen LogP contribution in [-0.2, 0) is 10.0 Å². The summed E-state index contributed by atoms with van der Waals surface area (Å²) in [5, 5.41) is 0. The summed E-state index contributed by atoms with van der Waals surface area (Å²) in [6, 6.07) is 8.21. The molecule has 0 amide bonds. The molecular weight excluding hydrogens is 426 g/mol. The van der Waals surface area contributed by atoms with Crippen LogP contribution in [0.1, 0.15) is 0 Å². The lowest BCUT2D eigenvalue weighted by Crippen LogP contribution is -2.11. The summed E-state index contributed by atoms with van der Waals surface area (Å²) < 4.78 is 28.8. The maximum Gasteiger partial charge on any atom is 0.271 e. The van der Waals surface area contributed by atoms with Crippen LogP contribution in [0.25, 0.3) is 0 Å². The summed E-state index contributed by atoms with van der Waals surface area (Å²) in [6.07, 6.45) is 0. The summed E-state index contributed by atoms with van der Waals surface area (Å²) in [6.45, 7) is 0. The summed E-state index contributed by atoms with van der Waals surface area (Å²) >= 11 is 13.3. The van der Waals surface area contributed by atoms with Gasteiger partial charge in [0.2, 0.25) is 0 Å². The Hall–Kier alpha value is -0.0800. The number of hydrogen-bond acceptors (Lipinski definition) is 3. The molecule has 2 aromatic rings. The van der Waals surface area contributed by atoms with Gasteiger partial charge in [-0.15, -0.1) is 11.3 Å². The Morgan fingerprint density at radius 3 is 2.44 bits per heavy atom. The van der Waals surface area contributed by atoms with Gasteiger partial charge in [-0.2, -0.15) is 0 Å². The second kappa shape index (κ2) is 5.50. The number of nitrogens with one attached hydrogen (secondary N) is 1. The Bertz CT molecular complexity index is 685. The van der Waals surface area contributed by atoms with E-state index in [0.29, 0.717) is 14.5 Å². The first kappa shape index (κ1) is 14.3. The summed E-state index contributed by atoms with van der Waals surface area (Å²) in [7, 11) is -3.59. The first-order valence-corrected chi connectivity index (χ1v) is 8.88. The highest BCUT2D eigenvalue weighted by Crippen LogP contribution is 2.31. The smallest absolute Gasteiger partial charge is 0.271 e. The van der Waals surface area contributed by atoms with E-state index in [9.17, 15) is 8.42 Å². The van der Waals surface area contributed by atoms with Crippen LogP contribution < -0.4 is 4.72 Å². The molecule has 0 unspecified atom stereocenters. The Kier molecular flexibility index (Phi) is 4.38. The number of anilines is 1. The fraction of sp³-hybridized carbons (Fsp3) is 0. The van der Waals surface area contributed by atoms with Gasteiger partial charge in [-0.25, -0.2) is 8.42 Å². The highest BCUT2D eigenvalue weighted by Gasteiger charge is 2.17. The third kappa shape index (κ3) is 3.27. The van der Waals surface area contributed by atoms with Crippen molar-refractivity contribution in [3.05, 3.63) is 43.6 Å². The van der Waals surface area contributed by atoms with E-state index < -0.39 is 10.0 Å². The molecule has 96 valence electrons. The van der Waals surface area contributed by atoms with Crippen LogP contribution in [0.5, 0.6) is 0 Å².